The summed E-state index contributed by atoms with van der Waals surface area (Å²) in [7, 11) is 0. The number of carbonyl (C=O) groups is 2. The largest absolute Gasteiger partial charge is 0.455 e. The van der Waals surface area contributed by atoms with E-state index in [-0.39, 0.29) is 5.02 Å². The van der Waals surface area contributed by atoms with Crippen molar-refractivity contribution in [2.45, 2.75) is 0 Å². The van der Waals surface area contributed by atoms with Crippen molar-refractivity contribution in [1.29, 1.82) is 0 Å². The minimum Gasteiger partial charge on any atom is -0.455 e. The van der Waals surface area contributed by atoms with Crippen LogP contribution in [-0.2, 0) is 9.53 Å². The van der Waals surface area contributed by atoms with Crippen molar-refractivity contribution >= 4 is 29.2 Å². The molecule has 0 saturated carbocycles. The second kappa shape index (κ2) is 9.01. The summed E-state index contributed by atoms with van der Waals surface area (Å²) in [5, 5.41) is 2.51. The molecular weight excluding hydrogens is 385 g/mol. The standard InChI is InChI=1S/C21H15ClFNO4/c22-15-9-6-10-16(23)20(15)21(26)27-13-19(25)24-17-11-4-5-12-18(17)28-14-7-2-1-3-8-14/h1-12H,13H2,(H,24,25). The van der Waals surface area contributed by atoms with Gasteiger partial charge in [-0.1, -0.05) is 48.0 Å². The highest BCUT2D eigenvalue weighted by Crippen LogP contribution is 2.29. The minimum atomic E-state index is -1.02. The van der Waals surface area contributed by atoms with Crippen LogP contribution >= 0.6 is 11.6 Å². The lowest BCUT2D eigenvalue weighted by atomic mass is 10.2. The molecular formula is C21H15ClFNO4. The van der Waals surface area contributed by atoms with Gasteiger partial charge in [-0.05, 0) is 36.4 Å². The van der Waals surface area contributed by atoms with Gasteiger partial charge in [-0.3, -0.25) is 4.79 Å². The molecule has 0 aliphatic heterocycles. The van der Waals surface area contributed by atoms with E-state index >= 15 is 0 Å². The molecule has 28 heavy (non-hydrogen) atoms. The van der Waals surface area contributed by atoms with Crippen molar-refractivity contribution in [3.8, 4) is 11.5 Å². The zero-order valence-corrected chi connectivity index (χ0v) is 15.3. The Morgan fingerprint density at radius 1 is 0.929 bits per heavy atom. The predicted octanol–water partition coefficient (Wildman–Crippen LogP) is 5.07. The number of amides is 1. The summed E-state index contributed by atoms with van der Waals surface area (Å²) >= 11 is 5.81. The van der Waals surface area contributed by atoms with Gasteiger partial charge in [0.1, 0.15) is 17.1 Å². The highest BCUT2D eigenvalue weighted by molar-refractivity contribution is 6.33. The van der Waals surface area contributed by atoms with Gasteiger partial charge >= 0.3 is 5.97 Å². The highest BCUT2D eigenvalue weighted by Gasteiger charge is 2.18. The van der Waals surface area contributed by atoms with E-state index < -0.39 is 29.9 Å². The van der Waals surface area contributed by atoms with Crippen LogP contribution in [0.1, 0.15) is 10.4 Å². The van der Waals surface area contributed by atoms with Gasteiger partial charge < -0.3 is 14.8 Å². The number of esters is 1. The number of hydrogen-bond acceptors (Lipinski definition) is 4. The zero-order valence-electron chi connectivity index (χ0n) is 14.5. The fourth-order valence-corrected chi connectivity index (χ4v) is 2.60. The summed E-state index contributed by atoms with van der Waals surface area (Å²) in [5.74, 6) is -1.42. The number of rotatable bonds is 6. The fraction of sp³-hybridized carbons (Fsp3) is 0.0476. The molecule has 0 aromatic heterocycles. The molecule has 5 nitrogen and oxygen atoms in total. The number of para-hydroxylation sites is 3. The monoisotopic (exact) mass is 399 g/mol. The van der Waals surface area contributed by atoms with E-state index in [0.717, 1.165) is 6.07 Å². The summed E-state index contributed by atoms with van der Waals surface area (Å²) in [6.45, 7) is -0.608. The summed E-state index contributed by atoms with van der Waals surface area (Å²) in [4.78, 5) is 24.2. The fourth-order valence-electron chi connectivity index (χ4n) is 2.36. The summed E-state index contributed by atoms with van der Waals surface area (Å²) in [5.41, 5.74) is -0.0129. The Hall–Kier alpha value is -3.38. The molecule has 1 N–H and O–H groups in total. The van der Waals surface area contributed by atoms with E-state index in [1.165, 1.54) is 12.1 Å². The molecule has 3 rings (SSSR count). The van der Waals surface area contributed by atoms with Gasteiger partial charge in [-0.25, -0.2) is 9.18 Å². The van der Waals surface area contributed by atoms with E-state index in [2.05, 4.69) is 5.32 Å². The first-order valence-corrected chi connectivity index (χ1v) is 8.65. The van der Waals surface area contributed by atoms with Crippen LogP contribution in [0.25, 0.3) is 0 Å². The maximum absolute atomic E-state index is 13.7. The highest BCUT2D eigenvalue weighted by atomic mass is 35.5. The first kappa shape index (κ1) is 19.4. The molecule has 0 atom stereocenters. The molecule has 0 fully saturated rings. The minimum absolute atomic E-state index is 0.0907. The van der Waals surface area contributed by atoms with Crippen molar-refractivity contribution < 1.29 is 23.5 Å². The third-order valence-electron chi connectivity index (χ3n) is 3.63. The van der Waals surface area contributed by atoms with E-state index in [1.54, 1.807) is 36.4 Å². The number of nitrogens with one attached hydrogen (secondary N) is 1. The van der Waals surface area contributed by atoms with Gasteiger partial charge in [0.15, 0.2) is 12.4 Å². The van der Waals surface area contributed by atoms with Gasteiger partial charge in [-0.2, -0.15) is 0 Å². The van der Waals surface area contributed by atoms with Gasteiger partial charge in [0.2, 0.25) is 0 Å². The molecule has 0 saturated heterocycles. The molecule has 0 bridgehead atoms. The van der Waals surface area contributed by atoms with Crippen molar-refractivity contribution in [1.82, 2.24) is 0 Å². The number of halogens is 2. The van der Waals surface area contributed by atoms with Crippen LogP contribution in [0.15, 0.2) is 72.8 Å². The zero-order chi connectivity index (χ0) is 19.9. The molecule has 1 amide bonds. The molecule has 0 aliphatic carbocycles. The Kier molecular flexibility index (Phi) is 6.24. The van der Waals surface area contributed by atoms with Crippen LogP contribution in [-0.4, -0.2) is 18.5 Å². The van der Waals surface area contributed by atoms with Crippen molar-refractivity contribution in [2.75, 3.05) is 11.9 Å². The Morgan fingerprint density at radius 2 is 1.64 bits per heavy atom. The first-order valence-electron chi connectivity index (χ1n) is 8.27. The lowest BCUT2D eigenvalue weighted by Crippen LogP contribution is -2.21. The van der Waals surface area contributed by atoms with Crippen molar-refractivity contribution in [2.24, 2.45) is 0 Å². The average molecular weight is 400 g/mol. The van der Waals surface area contributed by atoms with E-state index in [4.69, 9.17) is 21.1 Å². The summed E-state index contributed by atoms with van der Waals surface area (Å²) in [6, 6.07) is 19.7. The van der Waals surface area contributed by atoms with E-state index in [0.29, 0.717) is 17.2 Å². The van der Waals surface area contributed by atoms with E-state index in [9.17, 15) is 14.0 Å². The summed E-state index contributed by atoms with van der Waals surface area (Å²) < 4.78 is 24.3. The second-order valence-electron chi connectivity index (χ2n) is 5.63. The first-order chi connectivity index (χ1) is 13.5. The van der Waals surface area contributed by atoms with Crippen LogP contribution in [0.3, 0.4) is 0 Å². The number of anilines is 1. The van der Waals surface area contributed by atoms with Crippen LogP contribution in [0.4, 0.5) is 10.1 Å². The predicted molar refractivity (Wildman–Crippen MR) is 103 cm³/mol. The molecule has 0 heterocycles. The van der Waals surface area contributed by atoms with Gasteiger partial charge in [0.25, 0.3) is 5.91 Å². The van der Waals surface area contributed by atoms with Crippen LogP contribution in [0.5, 0.6) is 11.5 Å². The molecule has 142 valence electrons. The van der Waals surface area contributed by atoms with E-state index in [1.807, 2.05) is 18.2 Å². The molecule has 0 aliphatic rings. The Bertz CT molecular complexity index is 974. The Morgan fingerprint density at radius 3 is 2.39 bits per heavy atom. The lowest BCUT2D eigenvalue weighted by Gasteiger charge is -2.12. The average Bonchev–Trinajstić information content (AvgIpc) is 2.68. The van der Waals surface area contributed by atoms with Crippen molar-refractivity contribution in [3.63, 3.8) is 0 Å². The van der Waals surface area contributed by atoms with Gasteiger partial charge in [0.05, 0.1) is 10.7 Å². The Balaban J connectivity index is 1.63. The normalized spacial score (nSPS) is 10.2. The SMILES string of the molecule is O=C(COC(=O)c1c(F)cccc1Cl)Nc1ccccc1Oc1ccccc1. The number of hydrogen-bond donors (Lipinski definition) is 1. The molecule has 3 aromatic rings. The maximum Gasteiger partial charge on any atom is 0.343 e. The molecule has 0 unspecified atom stereocenters. The third kappa shape index (κ3) is 4.86. The number of ether oxygens (including phenoxy) is 2. The third-order valence-corrected chi connectivity index (χ3v) is 3.95. The Labute approximate surface area is 165 Å². The lowest BCUT2D eigenvalue weighted by molar-refractivity contribution is -0.119. The second-order valence-corrected chi connectivity index (χ2v) is 6.04. The van der Waals surface area contributed by atoms with Crippen LogP contribution in [0, 0.1) is 5.82 Å². The van der Waals surface area contributed by atoms with Gasteiger partial charge in [-0.15, -0.1) is 0 Å². The quantitative estimate of drug-likeness (QED) is 0.588. The number of benzene rings is 3. The topological polar surface area (TPSA) is 64.6 Å². The van der Waals surface area contributed by atoms with Gasteiger partial charge in [0, 0.05) is 0 Å². The van der Waals surface area contributed by atoms with Crippen LogP contribution in [0.2, 0.25) is 5.02 Å². The smallest absolute Gasteiger partial charge is 0.343 e. The summed E-state index contributed by atoms with van der Waals surface area (Å²) in [6.07, 6.45) is 0. The van der Waals surface area contributed by atoms with Crippen molar-refractivity contribution in [3.05, 3.63) is 89.2 Å². The molecule has 0 spiro atoms. The molecule has 3 aromatic carbocycles. The molecule has 7 heteroatoms. The number of carbonyl (C=O) groups excluding carboxylic acids is 2. The maximum atomic E-state index is 13.7. The molecule has 0 radical (unpaired) electrons. The van der Waals surface area contributed by atoms with Crippen LogP contribution < -0.4 is 10.1 Å².